The number of nitrogens with one attached hydrogen (secondary N) is 3. The summed E-state index contributed by atoms with van der Waals surface area (Å²) in [6.07, 6.45) is 11.5. The van der Waals surface area contributed by atoms with Crippen molar-refractivity contribution in [2.75, 3.05) is 17.2 Å². The van der Waals surface area contributed by atoms with E-state index in [2.05, 4.69) is 26.7 Å². The molecule has 2 aromatic heterocycles. The number of nitrogens with zero attached hydrogens (tertiary/aromatic N) is 1. The van der Waals surface area contributed by atoms with Gasteiger partial charge in [0, 0.05) is 30.4 Å². The van der Waals surface area contributed by atoms with Gasteiger partial charge in [0.15, 0.2) is 0 Å². The number of rotatable bonds is 7. The van der Waals surface area contributed by atoms with Crippen molar-refractivity contribution in [3.8, 4) is 0 Å². The lowest BCUT2D eigenvalue weighted by molar-refractivity contribution is 0.289. The third-order valence-electron chi connectivity index (χ3n) is 4.80. The normalized spacial score (nSPS) is 16.5. The van der Waals surface area contributed by atoms with Gasteiger partial charge in [-0.3, -0.25) is 9.59 Å². The average molecular weight is 399 g/mol. The van der Waals surface area contributed by atoms with Crippen LogP contribution in [0, 0.1) is 0 Å². The summed E-state index contributed by atoms with van der Waals surface area (Å²) in [7, 11) is 0. The Morgan fingerprint density at radius 1 is 1.29 bits per heavy atom. The van der Waals surface area contributed by atoms with Gasteiger partial charge in [-0.15, -0.1) is 0 Å². The number of H-pyrrole nitrogens is 1. The highest BCUT2D eigenvalue weighted by molar-refractivity contribution is 6.31. The van der Waals surface area contributed by atoms with E-state index in [1.807, 2.05) is 12.2 Å². The minimum absolute atomic E-state index is 0.0687. The Morgan fingerprint density at radius 2 is 2.11 bits per heavy atom. The van der Waals surface area contributed by atoms with Crippen LogP contribution >= 0.6 is 11.6 Å². The first-order chi connectivity index (χ1) is 13.6. The highest BCUT2D eigenvalue weighted by atomic mass is 35.5. The van der Waals surface area contributed by atoms with Crippen molar-refractivity contribution in [1.29, 1.82) is 0 Å². The van der Waals surface area contributed by atoms with E-state index in [1.54, 1.807) is 12.3 Å². The molecule has 2 heterocycles. The SMILES string of the molecule is O=c1c(Nc2c[nH]c3ncc(Cl)cc23)c(NC2C=CC(CCCO)=CC2)c1=O. The molecule has 0 bridgehead atoms. The van der Waals surface area contributed by atoms with Crippen molar-refractivity contribution in [2.24, 2.45) is 0 Å². The number of allylic oxidation sites excluding steroid dienone is 2. The zero-order chi connectivity index (χ0) is 19.7. The Balaban J connectivity index is 1.51. The number of pyridine rings is 1. The number of aromatic nitrogens is 2. The van der Waals surface area contributed by atoms with Crippen LogP contribution in [0.5, 0.6) is 0 Å². The highest BCUT2D eigenvalue weighted by Gasteiger charge is 2.24. The fourth-order valence-electron chi connectivity index (χ4n) is 3.29. The molecule has 0 amide bonds. The second kappa shape index (κ2) is 7.61. The summed E-state index contributed by atoms with van der Waals surface area (Å²) >= 11 is 6.01. The van der Waals surface area contributed by atoms with E-state index < -0.39 is 10.9 Å². The molecule has 0 radical (unpaired) electrons. The molecule has 144 valence electrons. The Labute approximate surface area is 165 Å². The molecule has 0 saturated carbocycles. The topological polar surface area (TPSA) is 107 Å². The lowest BCUT2D eigenvalue weighted by Gasteiger charge is -2.21. The summed E-state index contributed by atoms with van der Waals surface area (Å²) in [5.41, 5.74) is 1.89. The maximum atomic E-state index is 12.1. The maximum absolute atomic E-state index is 12.1. The van der Waals surface area contributed by atoms with Crippen molar-refractivity contribution in [3.05, 3.63) is 67.7 Å². The average Bonchev–Trinajstić information content (AvgIpc) is 3.11. The summed E-state index contributed by atoms with van der Waals surface area (Å²) < 4.78 is 0. The van der Waals surface area contributed by atoms with Gasteiger partial charge < -0.3 is 20.7 Å². The summed E-state index contributed by atoms with van der Waals surface area (Å²) in [5.74, 6) is 0. The van der Waals surface area contributed by atoms with Crippen molar-refractivity contribution in [2.45, 2.75) is 25.3 Å². The summed E-state index contributed by atoms with van der Waals surface area (Å²) in [6.45, 7) is 0.167. The van der Waals surface area contributed by atoms with Crippen LogP contribution in [-0.4, -0.2) is 27.7 Å². The van der Waals surface area contributed by atoms with Gasteiger partial charge in [-0.25, -0.2) is 4.98 Å². The molecule has 0 spiro atoms. The number of fused-ring (bicyclic) bond motifs is 1. The van der Waals surface area contributed by atoms with Gasteiger partial charge in [-0.2, -0.15) is 0 Å². The van der Waals surface area contributed by atoms with Crippen LogP contribution in [-0.2, 0) is 0 Å². The molecular formula is C20H19ClN4O3. The molecule has 7 nitrogen and oxygen atoms in total. The van der Waals surface area contributed by atoms with Crippen LogP contribution in [0.4, 0.5) is 17.1 Å². The summed E-state index contributed by atoms with van der Waals surface area (Å²) in [4.78, 5) is 31.4. The predicted octanol–water partition coefficient (Wildman–Crippen LogP) is 3.00. The van der Waals surface area contributed by atoms with Crippen LogP contribution in [0.2, 0.25) is 5.02 Å². The maximum Gasteiger partial charge on any atom is 0.253 e. The molecule has 28 heavy (non-hydrogen) atoms. The molecule has 0 saturated heterocycles. The molecule has 4 rings (SSSR count). The summed E-state index contributed by atoms with van der Waals surface area (Å²) in [6, 6.07) is 1.67. The standard InChI is InChI=1S/C20H19ClN4O3/c21-12-8-14-15(10-23-20(14)22-9-12)25-17-16(18(27)19(17)28)24-13-5-3-11(4-6-13)2-1-7-26/h3-5,8-10,13,24-26H,1-2,6-7H2,(H,22,23). The van der Waals surface area contributed by atoms with E-state index in [-0.39, 0.29) is 24.0 Å². The van der Waals surface area contributed by atoms with Gasteiger partial charge in [0.1, 0.15) is 17.0 Å². The van der Waals surface area contributed by atoms with Crippen LogP contribution in [0.3, 0.4) is 0 Å². The van der Waals surface area contributed by atoms with Crippen LogP contribution in [0.15, 0.2) is 51.9 Å². The van der Waals surface area contributed by atoms with Gasteiger partial charge in [0.25, 0.3) is 10.9 Å². The van der Waals surface area contributed by atoms with Crippen molar-refractivity contribution < 1.29 is 5.11 Å². The zero-order valence-corrected chi connectivity index (χ0v) is 15.7. The van der Waals surface area contributed by atoms with E-state index in [9.17, 15) is 9.59 Å². The molecule has 8 heteroatoms. The molecule has 3 aromatic rings. The molecular weight excluding hydrogens is 380 g/mol. The van der Waals surface area contributed by atoms with Gasteiger partial charge in [0.2, 0.25) is 0 Å². The fourth-order valence-corrected chi connectivity index (χ4v) is 3.45. The first-order valence-electron chi connectivity index (χ1n) is 9.04. The minimum Gasteiger partial charge on any atom is -0.396 e. The van der Waals surface area contributed by atoms with Gasteiger partial charge in [-0.1, -0.05) is 35.4 Å². The zero-order valence-electron chi connectivity index (χ0n) is 15.0. The molecule has 1 aliphatic rings. The smallest absolute Gasteiger partial charge is 0.253 e. The van der Waals surface area contributed by atoms with E-state index >= 15 is 0 Å². The van der Waals surface area contributed by atoms with Crippen LogP contribution in [0.1, 0.15) is 19.3 Å². The highest BCUT2D eigenvalue weighted by Crippen LogP contribution is 2.29. The van der Waals surface area contributed by atoms with Gasteiger partial charge >= 0.3 is 0 Å². The fraction of sp³-hybridized carbons (Fsp3) is 0.250. The number of aliphatic hydroxyl groups is 1. The van der Waals surface area contributed by atoms with E-state index in [1.165, 1.54) is 11.8 Å². The first-order valence-corrected chi connectivity index (χ1v) is 9.42. The molecule has 4 N–H and O–H groups in total. The van der Waals surface area contributed by atoms with Crippen molar-refractivity contribution >= 4 is 39.7 Å². The number of aliphatic hydroxyl groups excluding tert-OH is 1. The van der Waals surface area contributed by atoms with Crippen LogP contribution < -0.4 is 21.5 Å². The first kappa shape index (κ1) is 18.5. The minimum atomic E-state index is -0.550. The second-order valence-corrected chi connectivity index (χ2v) is 7.17. The molecule has 1 atom stereocenters. The largest absolute Gasteiger partial charge is 0.396 e. The molecule has 0 aliphatic heterocycles. The monoisotopic (exact) mass is 398 g/mol. The molecule has 0 fully saturated rings. The Bertz CT molecular complexity index is 1150. The number of anilines is 3. The Morgan fingerprint density at radius 3 is 2.86 bits per heavy atom. The van der Waals surface area contributed by atoms with E-state index in [0.717, 1.165) is 18.2 Å². The van der Waals surface area contributed by atoms with E-state index in [0.29, 0.717) is 22.8 Å². The third kappa shape index (κ3) is 3.46. The Hall–Kier alpha value is -2.90. The van der Waals surface area contributed by atoms with Crippen molar-refractivity contribution in [1.82, 2.24) is 9.97 Å². The lowest BCUT2D eigenvalue weighted by Crippen LogP contribution is -2.38. The number of hydrogen-bond donors (Lipinski definition) is 4. The van der Waals surface area contributed by atoms with Crippen LogP contribution in [0.25, 0.3) is 11.0 Å². The predicted molar refractivity (Wildman–Crippen MR) is 111 cm³/mol. The van der Waals surface area contributed by atoms with Gasteiger partial charge in [-0.05, 0) is 25.3 Å². The second-order valence-electron chi connectivity index (χ2n) is 6.74. The third-order valence-corrected chi connectivity index (χ3v) is 5.00. The quantitative estimate of drug-likeness (QED) is 0.456. The number of aromatic amines is 1. The Kier molecular flexibility index (Phi) is 5.02. The van der Waals surface area contributed by atoms with Gasteiger partial charge in [0.05, 0.1) is 10.7 Å². The lowest BCUT2D eigenvalue weighted by atomic mass is 9.99. The number of hydrogen-bond acceptors (Lipinski definition) is 6. The number of halogens is 1. The molecule has 1 unspecified atom stereocenters. The molecule has 1 aliphatic carbocycles. The van der Waals surface area contributed by atoms with Crippen molar-refractivity contribution in [3.63, 3.8) is 0 Å². The summed E-state index contributed by atoms with van der Waals surface area (Å²) in [5, 5.41) is 16.3. The molecule has 1 aromatic carbocycles. The van der Waals surface area contributed by atoms with E-state index in [4.69, 9.17) is 16.7 Å².